The van der Waals surface area contributed by atoms with Crippen LogP contribution in [0.15, 0.2) is 385 Å². The maximum absolute atomic E-state index is 6.49. The molecule has 22 aromatic rings. The van der Waals surface area contributed by atoms with Gasteiger partial charge in [-0.2, -0.15) is 0 Å². The first-order valence-electron chi connectivity index (χ1n) is 37.0. The highest BCUT2D eigenvalue weighted by Crippen LogP contribution is 2.45. The highest BCUT2D eigenvalue weighted by molar-refractivity contribution is 6.27. The molecule has 4 heterocycles. The van der Waals surface area contributed by atoms with Crippen molar-refractivity contribution in [3.8, 4) is 113 Å². The Bertz CT molecular complexity index is 7200. The number of fused-ring (bicyclic) bond motifs is 18. The van der Waals surface area contributed by atoms with Gasteiger partial charge in [-0.15, -0.1) is 0 Å². The van der Waals surface area contributed by atoms with Crippen LogP contribution in [0.3, 0.4) is 0 Å². The summed E-state index contributed by atoms with van der Waals surface area (Å²) in [5.41, 5.74) is 18.0. The van der Waals surface area contributed by atoms with E-state index in [2.05, 4.69) is 243 Å². The molecule has 0 amide bonds. The predicted molar refractivity (Wildman–Crippen MR) is 454 cm³/mol. The Labute approximate surface area is 632 Å². The van der Waals surface area contributed by atoms with E-state index in [9.17, 15) is 0 Å². The molecule has 0 bridgehead atoms. The van der Waals surface area contributed by atoms with Crippen LogP contribution in [0.4, 0.5) is 0 Å². The second-order valence-corrected chi connectivity index (χ2v) is 27.9. The Morgan fingerprint density at radius 1 is 0.136 bits per heavy atom. The number of furan rings is 2. The quantitative estimate of drug-likeness (QED) is 0.125. The zero-order valence-electron chi connectivity index (χ0n) is 59.3. The summed E-state index contributed by atoms with van der Waals surface area (Å²) in [4.78, 5) is 29.9. The Kier molecular flexibility index (Phi) is 15.4. The number of nitrogens with zero attached hydrogens (tertiary/aromatic N) is 6. The van der Waals surface area contributed by atoms with Gasteiger partial charge in [-0.25, -0.2) is 29.9 Å². The summed E-state index contributed by atoms with van der Waals surface area (Å²) in [5.74, 6) is 3.76. The largest absolute Gasteiger partial charge is 0.456 e. The van der Waals surface area contributed by atoms with Gasteiger partial charge >= 0.3 is 0 Å². The fourth-order valence-electron chi connectivity index (χ4n) is 16.2. The molecule has 4 aromatic heterocycles. The van der Waals surface area contributed by atoms with Gasteiger partial charge in [0.2, 0.25) is 0 Å². The average Bonchev–Trinajstić information content (AvgIpc) is 0.876. The maximum atomic E-state index is 6.49. The number of rotatable bonds is 10. The maximum Gasteiger partial charge on any atom is 0.164 e. The van der Waals surface area contributed by atoms with Gasteiger partial charge in [0.05, 0.1) is 0 Å². The monoisotopic (exact) mass is 1400 g/mol. The molecular formula is C102H62N6O2. The summed E-state index contributed by atoms with van der Waals surface area (Å²) in [7, 11) is 0. The van der Waals surface area contributed by atoms with E-state index < -0.39 is 0 Å². The van der Waals surface area contributed by atoms with Gasteiger partial charge in [0.25, 0.3) is 0 Å². The fraction of sp³-hybridized carbons (Fsp3) is 0. The van der Waals surface area contributed by atoms with Gasteiger partial charge in [0.15, 0.2) is 34.9 Å². The van der Waals surface area contributed by atoms with E-state index in [1.807, 2.05) is 133 Å². The molecule has 0 N–H and O–H groups in total. The molecule has 0 radical (unpaired) electrons. The van der Waals surface area contributed by atoms with E-state index in [4.69, 9.17) is 38.7 Å². The van der Waals surface area contributed by atoms with Crippen molar-refractivity contribution in [1.29, 1.82) is 0 Å². The van der Waals surface area contributed by atoms with E-state index in [-0.39, 0.29) is 0 Å². The zero-order chi connectivity index (χ0) is 72.6. The number of benzene rings is 18. The van der Waals surface area contributed by atoms with Gasteiger partial charge < -0.3 is 8.83 Å². The van der Waals surface area contributed by atoms with Crippen molar-refractivity contribution < 1.29 is 8.83 Å². The number of aromatic nitrogens is 6. The SMILES string of the molecule is c1ccc(-c2nc(-c3ccccc3)nc(-c3cccc(-c4cccc5oc6ccc(-c7ccc8c9ccccc9c9ccccc9c8c7)cc6c45)c3)n2)cc1.c1ccc(-c2nc(-c3ccccc3)nc(-c3cccc4oc5ccc(-c6ccc(-c7ccc8c9ccccc9c9ccccc9c8c7)cc6)cc5c34)n2)cc1. The smallest absolute Gasteiger partial charge is 0.164 e. The van der Waals surface area contributed by atoms with Crippen LogP contribution >= 0.6 is 0 Å². The Balaban J connectivity index is 0.000000140. The number of hydrogen-bond acceptors (Lipinski definition) is 8. The van der Waals surface area contributed by atoms with Crippen LogP contribution in [0, 0.1) is 0 Å². The Morgan fingerprint density at radius 2 is 0.400 bits per heavy atom. The highest BCUT2D eigenvalue weighted by Gasteiger charge is 2.22. The van der Waals surface area contributed by atoms with Crippen molar-refractivity contribution in [1.82, 2.24) is 29.9 Å². The van der Waals surface area contributed by atoms with E-state index in [0.717, 1.165) is 105 Å². The molecule has 18 aromatic carbocycles. The average molecular weight is 1400 g/mol. The van der Waals surface area contributed by atoms with Crippen LogP contribution in [0.1, 0.15) is 0 Å². The summed E-state index contributed by atoms with van der Waals surface area (Å²) in [6, 6.07) is 132. The minimum absolute atomic E-state index is 0.604. The summed E-state index contributed by atoms with van der Waals surface area (Å²) in [6.07, 6.45) is 0. The Morgan fingerprint density at radius 3 is 0.791 bits per heavy atom. The molecule has 0 fully saturated rings. The molecule has 0 saturated carbocycles. The van der Waals surface area contributed by atoms with Crippen LogP contribution in [0.5, 0.6) is 0 Å². The predicted octanol–water partition coefficient (Wildman–Crippen LogP) is 27.1. The molecule has 512 valence electrons. The van der Waals surface area contributed by atoms with Crippen LogP contribution in [-0.4, -0.2) is 29.9 Å². The molecular weight excluding hydrogens is 1340 g/mol. The molecule has 8 nitrogen and oxygen atoms in total. The van der Waals surface area contributed by atoms with Gasteiger partial charge in [-0.1, -0.05) is 322 Å². The summed E-state index contributed by atoms with van der Waals surface area (Å²) in [6.45, 7) is 0. The Hall–Kier alpha value is -14.9. The molecule has 0 aliphatic carbocycles. The first-order valence-corrected chi connectivity index (χ1v) is 37.0. The van der Waals surface area contributed by atoms with Crippen LogP contribution in [0.25, 0.3) is 221 Å². The molecule has 22 rings (SSSR count). The standard InChI is InChI=1S/2C51H31N3O/c1-3-13-32(14-4-1)49-52-50(33-15-5-2-6-16-33)54-51(53-49)37-18-11-17-36(29-37)38-23-12-24-47-48(38)45-31-35(26-28-46(45)55-47)34-25-27-43-41-21-8-7-19-39(41)40-20-9-10-22-42(40)44(43)30-34;1-3-12-34(13-4-1)49-52-50(35-14-5-2-6-15-35)54-51(53-49)43-20-11-21-47-48(43)45-31-37(27-29-46(45)55-47)33-24-22-32(23-25-33)36-26-28-42-40-18-8-7-16-38(40)39-17-9-10-19-41(39)44(42)30-36/h2*1-31H. The van der Waals surface area contributed by atoms with Gasteiger partial charge in [-0.3, -0.25) is 0 Å². The molecule has 110 heavy (non-hydrogen) atoms. The first-order chi connectivity index (χ1) is 54.5. The van der Waals surface area contributed by atoms with E-state index in [0.29, 0.717) is 34.9 Å². The molecule has 0 spiro atoms. The third-order valence-electron chi connectivity index (χ3n) is 21.4. The highest BCUT2D eigenvalue weighted by atomic mass is 16.3. The van der Waals surface area contributed by atoms with Crippen molar-refractivity contribution in [2.24, 2.45) is 0 Å². The van der Waals surface area contributed by atoms with Gasteiger partial charge in [0, 0.05) is 54.9 Å². The lowest BCUT2D eigenvalue weighted by atomic mass is 9.91. The lowest BCUT2D eigenvalue weighted by Gasteiger charge is -2.12. The summed E-state index contributed by atoms with van der Waals surface area (Å²) < 4.78 is 12.9. The topological polar surface area (TPSA) is 104 Å². The van der Waals surface area contributed by atoms with E-state index in [1.165, 1.54) is 81.3 Å². The molecule has 0 aliphatic heterocycles. The molecule has 8 heteroatoms. The number of hydrogen-bond donors (Lipinski definition) is 0. The third-order valence-corrected chi connectivity index (χ3v) is 21.4. The molecule has 0 unspecified atom stereocenters. The summed E-state index contributed by atoms with van der Waals surface area (Å²) >= 11 is 0. The summed E-state index contributed by atoms with van der Waals surface area (Å²) in [5, 5.41) is 19.5. The lowest BCUT2D eigenvalue weighted by molar-refractivity contribution is 0.668. The van der Waals surface area contributed by atoms with E-state index >= 15 is 0 Å². The van der Waals surface area contributed by atoms with Crippen molar-refractivity contribution >= 4 is 109 Å². The first kappa shape index (κ1) is 63.6. The molecule has 0 aliphatic rings. The second kappa shape index (κ2) is 26.6. The van der Waals surface area contributed by atoms with Gasteiger partial charge in [-0.05, 0) is 164 Å². The van der Waals surface area contributed by atoms with Crippen LogP contribution in [0.2, 0.25) is 0 Å². The van der Waals surface area contributed by atoms with Crippen molar-refractivity contribution in [2.45, 2.75) is 0 Å². The zero-order valence-corrected chi connectivity index (χ0v) is 59.3. The second-order valence-electron chi connectivity index (χ2n) is 27.9. The van der Waals surface area contributed by atoms with Crippen LogP contribution < -0.4 is 0 Å². The lowest BCUT2D eigenvalue weighted by Crippen LogP contribution is -2.00. The van der Waals surface area contributed by atoms with Crippen molar-refractivity contribution in [2.75, 3.05) is 0 Å². The fourth-order valence-corrected chi connectivity index (χ4v) is 16.2. The minimum atomic E-state index is 0.604. The van der Waals surface area contributed by atoms with Crippen molar-refractivity contribution in [3.63, 3.8) is 0 Å². The normalized spacial score (nSPS) is 11.6. The van der Waals surface area contributed by atoms with Gasteiger partial charge in [0.1, 0.15) is 22.3 Å². The molecule has 0 atom stereocenters. The van der Waals surface area contributed by atoms with E-state index in [1.54, 1.807) is 0 Å². The van der Waals surface area contributed by atoms with Crippen molar-refractivity contribution in [3.05, 3.63) is 376 Å². The van der Waals surface area contributed by atoms with Crippen LogP contribution in [-0.2, 0) is 0 Å². The minimum Gasteiger partial charge on any atom is -0.456 e. The third kappa shape index (κ3) is 11.2. The molecule has 0 saturated heterocycles.